The molecular weight excluding hydrogens is 354 g/mol. The van der Waals surface area contributed by atoms with Gasteiger partial charge in [-0.25, -0.2) is 4.79 Å². The summed E-state index contributed by atoms with van der Waals surface area (Å²) in [5, 5.41) is 8.80. The van der Waals surface area contributed by atoms with Gasteiger partial charge in [0.2, 0.25) is 5.78 Å². The van der Waals surface area contributed by atoms with Crippen LogP contribution in [-0.2, 0) is 9.53 Å². The Bertz CT molecular complexity index is 977. The van der Waals surface area contributed by atoms with Crippen molar-refractivity contribution in [3.63, 3.8) is 0 Å². The lowest BCUT2D eigenvalue weighted by atomic mass is 10.00. The molecule has 0 saturated heterocycles. The Morgan fingerprint density at radius 3 is 2.07 bits per heavy atom. The van der Waals surface area contributed by atoms with Crippen LogP contribution in [0, 0.1) is 11.3 Å². The first-order valence-electron chi connectivity index (χ1n) is 8.64. The number of carbonyl (C=O) groups is 2. The topological polar surface area (TPSA) is 76.4 Å². The van der Waals surface area contributed by atoms with Crippen LogP contribution in [-0.4, -0.2) is 18.4 Å². The Kier molecular flexibility index (Phi) is 6.17. The second kappa shape index (κ2) is 9.15. The summed E-state index contributed by atoms with van der Waals surface area (Å²) in [4.78, 5) is 25.2. The first kappa shape index (κ1) is 18.9. The number of benzene rings is 3. The summed E-state index contributed by atoms with van der Waals surface area (Å²) in [7, 11) is 0. The molecule has 0 spiro atoms. The molecule has 0 saturated carbocycles. The van der Waals surface area contributed by atoms with Crippen molar-refractivity contribution < 1.29 is 19.1 Å². The molecule has 5 heteroatoms. The molecule has 0 N–H and O–H groups in total. The van der Waals surface area contributed by atoms with Gasteiger partial charge in [-0.3, -0.25) is 4.79 Å². The molecule has 3 aromatic carbocycles. The minimum Gasteiger partial charge on any atom is -0.482 e. The normalized spacial score (nSPS) is 11.1. The molecule has 3 rings (SSSR count). The van der Waals surface area contributed by atoms with Crippen LogP contribution in [0.15, 0.2) is 84.9 Å². The summed E-state index contributed by atoms with van der Waals surface area (Å²) >= 11 is 0. The van der Waals surface area contributed by atoms with E-state index in [0.29, 0.717) is 22.4 Å². The highest BCUT2D eigenvalue weighted by molar-refractivity contribution is 6.01. The summed E-state index contributed by atoms with van der Waals surface area (Å²) in [5.41, 5.74) is 1.53. The van der Waals surface area contributed by atoms with E-state index in [0.717, 1.165) is 0 Å². The predicted octanol–water partition coefficient (Wildman–Crippen LogP) is 4.10. The summed E-state index contributed by atoms with van der Waals surface area (Å²) in [6.07, 6.45) is -1.05. The van der Waals surface area contributed by atoms with Gasteiger partial charge in [-0.2, -0.15) is 5.26 Å². The zero-order chi connectivity index (χ0) is 19.8. The summed E-state index contributed by atoms with van der Waals surface area (Å²) in [5.74, 6) is -0.539. The Balaban J connectivity index is 1.71. The number of hydrogen-bond donors (Lipinski definition) is 0. The van der Waals surface area contributed by atoms with Gasteiger partial charge in [0.25, 0.3) is 0 Å². The van der Waals surface area contributed by atoms with Crippen LogP contribution in [0.25, 0.3) is 0 Å². The van der Waals surface area contributed by atoms with E-state index >= 15 is 0 Å². The largest absolute Gasteiger partial charge is 0.482 e. The van der Waals surface area contributed by atoms with Crippen LogP contribution < -0.4 is 4.74 Å². The number of nitrogens with zero attached hydrogens (tertiary/aromatic N) is 1. The zero-order valence-corrected chi connectivity index (χ0v) is 14.9. The summed E-state index contributed by atoms with van der Waals surface area (Å²) in [6, 6.07) is 25.9. The fourth-order valence-electron chi connectivity index (χ4n) is 2.59. The van der Waals surface area contributed by atoms with Crippen LogP contribution in [0.3, 0.4) is 0 Å². The minimum absolute atomic E-state index is 0.307. The van der Waals surface area contributed by atoms with Gasteiger partial charge in [-0.1, -0.05) is 60.7 Å². The second-order valence-corrected chi connectivity index (χ2v) is 5.94. The van der Waals surface area contributed by atoms with Gasteiger partial charge in [0.1, 0.15) is 5.75 Å². The van der Waals surface area contributed by atoms with E-state index in [1.165, 1.54) is 0 Å². The lowest BCUT2D eigenvalue weighted by molar-refractivity contribution is -0.149. The van der Waals surface area contributed by atoms with Gasteiger partial charge in [0.15, 0.2) is 12.7 Å². The lowest BCUT2D eigenvalue weighted by Crippen LogP contribution is -2.23. The quantitative estimate of drug-likeness (QED) is 0.461. The highest BCUT2D eigenvalue weighted by Gasteiger charge is 2.26. The molecule has 0 aliphatic heterocycles. The fraction of sp³-hybridized carbons (Fsp3) is 0.0870. The molecule has 0 radical (unpaired) electrons. The molecule has 1 atom stereocenters. The number of ketones is 1. The maximum absolute atomic E-state index is 12.9. The molecule has 138 valence electrons. The average molecular weight is 371 g/mol. The third kappa shape index (κ3) is 4.83. The molecule has 0 heterocycles. The first-order valence-corrected chi connectivity index (χ1v) is 8.64. The number of hydrogen-bond acceptors (Lipinski definition) is 5. The molecule has 0 aliphatic carbocycles. The highest BCUT2D eigenvalue weighted by atomic mass is 16.6. The third-order valence-corrected chi connectivity index (χ3v) is 3.99. The number of rotatable bonds is 7. The Morgan fingerprint density at radius 1 is 0.857 bits per heavy atom. The second-order valence-electron chi connectivity index (χ2n) is 5.94. The van der Waals surface area contributed by atoms with Gasteiger partial charge in [0, 0.05) is 11.1 Å². The number of Topliss-reactive ketones (excluding diaryl/α,β-unsaturated/α-hetero) is 1. The van der Waals surface area contributed by atoms with Crippen molar-refractivity contribution in [2.75, 3.05) is 6.61 Å². The molecule has 3 aromatic rings. The van der Waals surface area contributed by atoms with Crippen LogP contribution in [0.5, 0.6) is 5.75 Å². The number of ether oxygens (including phenoxy) is 2. The Labute approximate surface area is 162 Å². The van der Waals surface area contributed by atoms with Crippen LogP contribution in [0.1, 0.15) is 27.6 Å². The number of esters is 1. The SMILES string of the molecule is N#Cc1ccc(OCC(=O)O[C@H](C(=O)c2ccccc2)c2ccccc2)cc1. The van der Waals surface area contributed by atoms with Crippen molar-refractivity contribution in [2.24, 2.45) is 0 Å². The first-order chi connectivity index (χ1) is 13.7. The van der Waals surface area contributed by atoms with E-state index in [4.69, 9.17) is 14.7 Å². The number of carbonyl (C=O) groups excluding carboxylic acids is 2. The third-order valence-electron chi connectivity index (χ3n) is 3.99. The molecule has 0 amide bonds. The monoisotopic (exact) mass is 371 g/mol. The van der Waals surface area contributed by atoms with Gasteiger partial charge < -0.3 is 9.47 Å². The molecule has 0 unspecified atom stereocenters. The van der Waals surface area contributed by atoms with E-state index in [1.807, 2.05) is 18.2 Å². The Hall–Kier alpha value is -3.91. The highest BCUT2D eigenvalue weighted by Crippen LogP contribution is 2.23. The zero-order valence-electron chi connectivity index (χ0n) is 14.9. The molecule has 0 aliphatic rings. The number of nitriles is 1. The molecule has 0 bridgehead atoms. The van der Waals surface area contributed by atoms with Crippen LogP contribution in [0.4, 0.5) is 0 Å². The minimum atomic E-state index is -1.05. The van der Waals surface area contributed by atoms with Gasteiger partial charge in [-0.15, -0.1) is 0 Å². The summed E-state index contributed by atoms with van der Waals surface area (Å²) < 4.78 is 10.8. The summed E-state index contributed by atoms with van der Waals surface area (Å²) in [6.45, 7) is -0.350. The van der Waals surface area contributed by atoms with Crippen molar-refractivity contribution in [1.29, 1.82) is 5.26 Å². The molecule has 0 fully saturated rings. The van der Waals surface area contributed by atoms with E-state index in [9.17, 15) is 9.59 Å². The average Bonchev–Trinajstić information content (AvgIpc) is 2.77. The van der Waals surface area contributed by atoms with E-state index in [-0.39, 0.29) is 12.4 Å². The standard InChI is InChI=1S/C23H17NO4/c24-15-17-11-13-20(14-12-17)27-16-21(25)28-23(19-9-5-2-6-10-19)22(26)18-7-3-1-4-8-18/h1-14,23H,16H2/t23-/m0/s1. The molecule has 28 heavy (non-hydrogen) atoms. The Morgan fingerprint density at radius 2 is 1.46 bits per heavy atom. The van der Waals surface area contributed by atoms with Crippen molar-refractivity contribution in [1.82, 2.24) is 0 Å². The maximum atomic E-state index is 12.9. The van der Waals surface area contributed by atoms with Gasteiger partial charge in [0.05, 0.1) is 11.6 Å². The van der Waals surface area contributed by atoms with Crippen molar-refractivity contribution in [3.8, 4) is 11.8 Å². The smallest absolute Gasteiger partial charge is 0.345 e. The van der Waals surface area contributed by atoms with Crippen LogP contribution >= 0.6 is 0 Å². The van der Waals surface area contributed by atoms with Crippen molar-refractivity contribution >= 4 is 11.8 Å². The fourth-order valence-corrected chi connectivity index (χ4v) is 2.59. The van der Waals surface area contributed by atoms with Crippen molar-refractivity contribution in [2.45, 2.75) is 6.10 Å². The van der Waals surface area contributed by atoms with Crippen molar-refractivity contribution in [3.05, 3.63) is 102 Å². The predicted molar refractivity (Wildman–Crippen MR) is 103 cm³/mol. The maximum Gasteiger partial charge on any atom is 0.345 e. The van der Waals surface area contributed by atoms with E-state index < -0.39 is 12.1 Å². The van der Waals surface area contributed by atoms with Crippen LogP contribution in [0.2, 0.25) is 0 Å². The van der Waals surface area contributed by atoms with Gasteiger partial charge >= 0.3 is 5.97 Å². The van der Waals surface area contributed by atoms with E-state index in [1.54, 1.807) is 72.8 Å². The lowest BCUT2D eigenvalue weighted by Gasteiger charge is -2.17. The molecule has 0 aromatic heterocycles. The van der Waals surface area contributed by atoms with E-state index in [2.05, 4.69) is 0 Å². The van der Waals surface area contributed by atoms with Gasteiger partial charge in [-0.05, 0) is 24.3 Å². The molecular formula is C23H17NO4. The molecule has 5 nitrogen and oxygen atoms in total.